The maximum absolute atomic E-state index is 11.1. The van der Waals surface area contributed by atoms with Gasteiger partial charge in [0.05, 0.1) is 22.6 Å². The van der Waals surface area contributed by atoms with Crippen LogP contribution in [0.1, 0.15) is 5.56 Å². The number of methoxy groups -OCH3 is 1. The van der Waals surface area contributed by atoms with E-state index in [0.29, 0.717) is 11.3 Å². The molecule has 0 saturated heterocycles. The fraction of sp³-hybridized carbons (Fsp3) is 0.0500. The second kappa shape index (κ2) is 8.98. The second-order valence-electron chi connectivity index (χ2n) is 5.79. The van der Waals surface area contributed by atoms with E-state index in [-0.39, 0.29) is 17.1 Å². The molecule has 8 nitrogen and oxygen atoms in total. The van der Waals surface area contributed by atoms with Crippen molar-refractivity contribution < 1.29 is 14.6 Å². The molecule has 0 aliphatic rings. The molecule has 0 bridgehead atoms. The molecule has 0 atom stereocenters. The number of non-ortho nitro benzene ring substituents is 1. The summed E-state index contributed by atoms with van der Waals surface area (Å²) in [6.07, 6.45) is 1.55. The van der Waals surface area contributed by atoms with Crippen LogP contribution in [0.25, 0.3) is 0 Å². The van der Waals surface area contributed by atoms with Crippen molar-refractivity contribution in [3.05, 3.63) is 92.5 Å². The molecular weight excluding hydrogens is 394 g/mol. The molecule has 0 aliphatic carbocycles. The topological polar surface area (TPSA) is 108 Å². The maximum atomic E-state index is 11.1. The van der Waals surface area contributed by atoms with Gasteiger partial charge in [-0.15, -0.1) is 0 Å². The van der Waals surface area contributed by atoms with Crippen LogP contribution in [0.4, 0.5) is 17.1 Å². The van der Waals surface area contributed by atoms with Gasteiger partial charge in [0, 0.05) is 34.2 Å². The first-order valence-corrected chi connectivity index (χ1v) is 9.17. The van der Waals surface area contributed by atoms with Gasteiger partial charge in [-0.3, -0.25) is 25.2 Å². The normalized spacial score (nSPS) is 10.8. The summed E-state index contributed by atoms with van der Waals surface area (Å²) >= 11 is 1.48. The van der Waals surface area contributed by atoms with Gasteiger partial charge in [-0.25, -0.2) is 0 Å². The fourth-order valence-electron chi connectivity index (χ4n) is 2.45. The van der Waals surface area contributed by atoms with E-state index in [4.69, 9.17) is 4.74 Å². The highest BCUT2D eigenvalue weighted by atomic mass is 32.2. The largest absolute Gasteiger partial charge is 0.490 e. The predicted octanol–water partition coefficient (Wildman–Crippen LogP) is 5.41. The Bertz CT molecular complexity index is 1070. The summed E-state index contributed by atoms with van der Waals surface area (Å²) in [6.45, 7) is 0. The monoisotopic (exact) mass is 409 g/mol. The van der Waals surface area contributed by atoms with Crippen molar-refractivity contribution in [3.8, 4) is 5.75 Å². The Balaban J connectivity index is 1.69. The zero-order chi connectivity index (χ0) is 20.8. The van der Waals surface area contributed by atoms with Gasteiger partial charge in [-0.05, 0) is 54.1 Å². The molecule has 3 rings (SSSR count). The Morgan fingerprint density at radius 3 is 2.07 bits per heavy atom. The van der Waals surface area contributed by atoms with Crippen molar-refractivity contribution in [2.24, 2.45) is 4.99 Å². The minimum absolute atomic E-state index is 0.0535. The van der Waals surface area contributed by atoms with Crippen LogP contribution in [-0.2, 0) is 0 Å². The Labute approximate surface area is 170 Å². The molecule has 0 N–H and O–H groups in total. The third-order valence-corrected chi connectivity index (χ3v) is 4.90. The van der Waals surface area contributed by atoms with Gasteiger partial charge in [-0.1, -0.05) is 11.8 Å². The van der Waals surface area contributed by atoms with Crippen LogP contribution in [0.5, 0.6) is 5.75 Å². The molecule has 29 heavy (non-hydrogen) atoms. The Kier molecular flexibility index (Phi) is 6.20. The highest BCUT2D eigenvalue weighted by molar-refractivity contribution is 7.99. The van der Waals surface area contributed by atoms with E-state index in [1.54, 1.807) is 24.4 Å². The summed E-state index contributed by atoms with van der Waals surface area (Å²) in [5.74, 6) is 0.194. The zero-order valence-corrected chi connectivity index (χ0v) is 16.0. The first-order valence-electron chi connectivity index (χ1n) is 8.35. The van der Waals surface area contributed by atoms with Crippen molar-refractivity contribution in [1.82, 2.24) is 0 Å². The van der Waals surface area contributed by atoms with Crippen molar-refractivity contribution in [1.29, 1.82) is 0 Å². The van der Waals surface area contributed by atoms with Gasteiger partial charge in [-0.2, -0.15) is 0 Å². The highest BCUT2D eigenvalue weighted by Gasteiger charge is 2.14. The number of nitrogens with zero attached hydrogens (tertiary/aromatic N) is 3. The van der Waals surface area contributed by atoms with E-state index < -0.39 is 9.85 Å². The summed E-state index contributed by atoms with van der Waals surface area (Å²) in [5.41, 5.74) is 1.21. The number of nitro groups is 2. The molecule has 0 heterocycles. The molecule has 0 amide bonds. The van der Waals surface area contributed by atoms with Crippen molar-refractivity contribution in [2.75, 3.05) is 7.11 Å². The number of benzene rings is 3. The van der Waals surface area contributed by atoms with Crippen LogP contribution in [-0.4, -0.2) is 23.2 Å². The third kappa shape index (κ3) is 5.17. The number of nitro benzene ring substituents is 2. The lowest BCUT2D eigenvalue weighted by molar-refractivity contribution is -0.385. The molecule has 9 heteroatoms. The molecule has 0 fully saturated rings. The molecule has 0 saturated carbocycles. The van der Waals surface area contributed by atoms with Gasteiger partial charge in [0.2, 0.25) is 0 Å². The molecule has 0 aliphatic heterocycles. The first-order chi connectivity index (χ1) is 14.0. The third-order valence-electron chi connectivity index (χ3n) is 3.88. The minimum atomic E-state index is -0.500. The molecule has 0 unspecified atom stereocenters. The van der Waals surface area contributed by atoms with Gasteiger partial charge < -0.3 is 4.74 Å². The van der Waals surface area contributed by atoms with Gasteiger partial charge >= 0.3 is 5.69 Å². The molecule has 3 aromatic carbocycles. The van der Waals surface area contributed by atoms with E-state index >= 15 is 0 Å². The quantitative estimate of drug-likeness (QED) is 0.293. The van der Waals surface area contributed by atoms with Crippen LogP contribution < -0.4 is 4.74 Å². The number of ether oxygens (including phenoxy) is 1. The Morgan fingerprint density at radius 2 is 1.52 bits per heavy atom. The van der Waals surface area contributed by atoms with Crippen LogP contribution in [0.2, 0.25) is 0 Å². The lowest BCUT2D eigenvalue weighted by Gasteiger charge is -2.03. The molecule has 0 radical (unpaired) electrons. The molecule has 0 spiro atoms. The lowest BCUT2D eigenvalue weighted by Crippen LogP contribution is -1.95. The Hall–Kier alpha value is -3.72. The van der Waals surface area contributed by atoms with Crippen molar-refractivity contribution in [3.63, 3.8) is 0 Å². The summed E-state index contributed by atoms with van der Waals surface area (Å²) in [7, 11) is 1.38. The van der Waals surface area contributed by atoms with Crippen LogP contribution in [0, 0.1) is 20.2 Å². The predicted molar refractivity (Wildman–Crippen MR) is 111 cm³/mol. The summed E-state index contributed by atoms with van der Waals surface area (Å²) in [4.78, 5) is 27.0. The Morgan fingerprint density at radius 1 is 0.897 bits per heavy atom. The first kappa shape index (κ1) is 20.0. The summed E-state index contributed by atoms with van der Waals surface area (Å²) in [6, 6.07) is 18.4. The number of aliphatic imine (C=N–C) groups is 1. The van der Waals surface area contributed by atoms with Crippen molar-refractivity contribution in [2.45, 2.75) is 9.79 Å². The highest BCUT2D eigenvalue weighted by Crippen LogP contribution is 2.30. The van der Waals surface area contributed by atoms with Gasteiger partial charge in [0.25, 0.3) is 5.69 Å². The second-order valence-corrected chi connectivity index (χ2v) is 6.94. The van der Waals surface area contributed by atoms with Crippen LogP contribution in [0.3, 0.4) is 0 Å². The fourth-order valence-corrected chi connectivity index (χ4v) is 3.27. The van der Waals surface area contributed by atoms with Gasteiger partial charge in [0.1, 0.15) is 0 Å². The maximum Gasteiger partial charge on any atom is 0.311 e. The molecule has 3 aromatic rings. The minimum Gasteiger partial charge on any atom is -0.490 e. The summed E-state index contributed by atoms with van der Waals surface area (Å²) < 4.78 is 4.98. The van der Waals surface area contributed by atoms with Gasteiger partial charge in [0.15, 0.2) is 5.75 Å². The lowest BCUT2D eigenvalue weighted by atomic mass is 10.2. The smallest absolute Gasteiger partial charge is 0.311 e. The van der Waals surface area contributed by atoms with Crippen LogP contribution in [0.15, 0.2) is 81.5 Å². The van der Waals surface area contributed by atoms with E-state index in [0.717, 1.165) is 9.79 Å². The number of rotatable bonds is 7. The average Bonchev–Trinajstić information content (AvgIpc) is 2.73. The zero-order valence-electron chi connectivity index (χ0n) is 15.2. The summed E-state index contributed by atoms with van der Waals surface area (Å²) in [5, 5.41) is 21.8. The number of hydrogen-bond donors (Lipinski definition) is 0. The van der Waals surface area contributed by atoms with E-state index in [1.165, 1.54) is 43.1 Å². The van der Waals surface area contributed by atoms with Crippen molar-refractivity contribution >= 4 is 35.0 Å². The standard InChI is InChI=1S/C20H15N3O5S/c1-28-20-11-2-14(12-19(20)23(26)27)13-21-15-3-7-17(8-4-15)29-18-9-5-16(6-10-18)22(24)25/h2-13H,1H3. The van der Waals surface area contributed by atoms with Crippen LogP contribution >= 0.6 is 11.8 Å². The average molecular weight is 409 g/mol. The molecule has 146 valence electrons. The SMILES string of the molecule is COc1ccc(C=Nc2ccc(Sc3ccc([N+](=O)[O-])cc3)cc2)cc1[N+](=O)[O-]. The number of hydrogen-bond acceptors (Lipinski definition) is 7. The molecule has 0 aromatic heterocycles. The van der Waals surface area contributed by atoms with E-state index in [1.807, 2.05) is 24.3 Å². The molecular formula is C20H15N3O5S. The van der Waals surface area contributed by atoms with E-state index in [2.05, 4.69) is 4.99 Å². The van der Waals surface area contributed by atoms with E-state index in [9.17, 15) is 20.2 Å².